The molecule has 0 bridgehead atoms. The highest BCUT2D eigenvalue weighted by atomic mass is 16.6. The number of aromatic nitrogens is 4. The SMILES string of the molecule is CN(CC(c1ccc(OC(=O)c2ccc(-n3cccn3)cc2)cc1)c1nccn1C(=O)O)C(=O)OC(C)(C)C. The number of benzene rings is 2. The second-order valence-electron chi connectivity index (χ2n) is 9.81. The Morgan fingerprint density at radius 3 is 2.28 bits per heavy atom. The van der Waals surface area contributed by atoms with Gasteiger partial charge in [0.2, 0.25) is 0 Å². The fourth-order valence-corrected chi connectivity index (χ4v) is 3.86. The fourth-order valence-electron chi connectivity index (χ4n) is 3.86. The smallest absolute Gasteiger partial charge is 0.417 e. The lowest BCUT2D eigenvalue weighted by Crippen LogP contribution is -2.37. The standard InChI is InChI=1S/C28H29N5O6/c1-28(2,3)39-27(37)31(4)18-23(24-29-15-17-32(24)26(35)36)19-8-12-22(13-9-19)38-25(34)20-6-10-21(11-7-20)33-16-5-14-30-33/h5-17,23H,18H2,1-4H3,(H,35,36). The topological polar surface area (TPSA) is 129 Å². The number of carbonyl (C=O) groups excluding carboxylic acids is 2. The highest BCUT2D eigenvalue weighted by molar-refractivity contribution is 5.91. The summed E-state index contributed by atoms with van der Waals surface area (Å²) in [6.45, 7) is 5.39. The van der Waals surface area contributed by atoms with Gasteiger partial charge in [0, 0.05) is 38.4 Å². The molecule has 202 valence electrons. The number of ether oxygens (including phenoxy) is 2. The molecule has 11 heteroatoms. The molecule has 11 nitrogen and oxygen atoms in total. The number of likely N-dealkylation sites (N-methyl/N-ethyl adjacent to an activating group) is 1. The zero-order chi connectivity index (χ0) is 28.2. The van der Waals surface area contributed by atoms with E-state index in [-0.39, 0.29) is 12.4 Å². The minimum Gasteiger partial charge on any atom is -0.464 e. The molecular formula is C28H29N5O6. The fraction of sp³-hybridized carbons (Fsp3) is 0.250. The molecule has 0 saturated carbocycles. The number of imidazole rings is 1. The van der Waals surface area contributed by atoms with Crippen molar-refractivity contribution in [3.8, 4) is 11.4 Å². The molecule has 0 aliphatic rings. The molecule has 1 unspecified atom stereocenters. The van der Waals surface area contributed by atoms with Crippen molar-refractivity contribution in [1.29, 1.82) is 0 Å². The minimum absolute atomic E-state index is 0.0982. The van der Waals surface area contributed by atoms with Crippen LogP contribution in [-0.4, -0.2) is 66.7 Å². The van der Waals surface area contributed by atoms with Gasteiger partial charge >= 0.3 is 18.2 Å². The summed E-state index contributed by atoms with van der Waals surface area (Å²) < 4.78 is 13.7. The van der Waals surface area contributed by atoms with E-state index in [1.54, 1.807) is 99.5 Å². The lowest BCUT2D eigenvalue weighted by atomic mass is 9.97. The second-order valence-corrected chi connectivity index (χ2v) is 9.81. The van der Waals surface area contributed by atoms with E-state index in [2.05, 4.69) is 10.1 Å². The van der Waals surface area contributed by atoms with Gasteiger partial charge in [-0.2, -0.15) is 5.10 Å². The Kier molecular flexibility index (Phi) is 7.80. The first-order valence-corrected chi connectivity index (χ1v) is 12.1. The van der Waals surface area contributed by atoms with Gasteiger partial charge in [-0.15, -0.1) is 0 Å². The maximum atomic E-state index is 12.7. The van der Waals surface area contributed by atoms with E-state index < -0.39 is 29.7 Å². The zero-order valence-corrected chi connectivity index (χ0v) is 22.0. The Morgan fingerprint density at radius 1 is 1.00 bits per heavy atom. The number of hydrogen-bond donors (Lipinski definition) is 1. The van der Waals surface area contributed by atoms with E-state index >= 15 is 0 Å². The largest absolute Gasteiger partial charge is 0.464 e. The lowest BCUT2D eigenvalue weighted by Gasteiger charge is -2.27. The molecule has 0 spiro atoms. The predicted molar refractivity (Wildman–Crippen MR) is 141 cm³/mol. The van der Waals surface area contributed by atoms with E-state index in [1.165, 1.54) is 17.3 Å². The third kappa shape index (κ3) is 6.69. The normalized spacial score (nSPS) is 12.0. The van der Waals surface area contributed by atoms with Crippen molar-refractivity contribution in [1.82, 2.24) is 24.2 Å². The van der Waals surface area contributed by atoms with Crippen LogP contribution in [0.2, 0.25) is 0 Å². The van der Waals surface area contributed by atoms with Crippen LogP contribution in [0.15, 0.2) is 79.4 Å². The van der Waals surface area contributed by atoms with Crippen LogP contribution < -0.4 is 4.74 Å². The summed E-state index contributed by atoms with van der Waals surface area (Å²) in [5.41, 5.74) is 1.16. The molecule has 1 N–H and O–H groups in total. The van der Waals surface area contributed by atoms with Crippen LogP contribution in [0.25, 0.3) is 5.69 Å². The molecule has 1 atom stereocenters. The van der Waals surface area contributed by atoms with Gasteiger partial charge in [-0.3, -0.25) is 0 Å². The van der Waals surface area contributed by atoms with Crippen LogP contribution >= 0.6 is 0 Å². The Bertz CT molecular complexity index is 1440. The van der Waals surface area contributed by atoms with Gasteiger partial charge in [-0.05, 0) is 68.8 Å². The Hall–Kier alpha value is -4.93. The monoisotopic (exact) mass is 531 g/mol. The molecule has 0 saturated heterocycles. The number of hydrogen-bond acceptors (Lipinski definition) is 7. The molecule has 1 amide bonds. The van der Waals surface area contributed by atoms with Crippen LogP contribution in [0.3, 0.4) is 0 Å². The Balaban J connectivity index is 1.52. The molecule has 4 rings (SSSR count). The zero-order valence-electron chi connectivity index (χ0n) is 22.0. The molecule has 4 aromatic rings. The minimum atomic E-state index is -1.20. The molecule has 0 aliphatic carbocycles. The molecule has 0 fully saturated rings. The Morgan fingerprint density at radius 2 is 1.69 bits per heavy atom. The number of carbonyl (C=O) groups is 3. The first kappa shape index (κ1) is 27.1. The van der Waals surface area contributed by atoms with Gasteiger partial charge in [-0.1, -0.05) is 12.1 Å². The first-order chi connectivity index (χ1) is 18.5. The summed E-state index contributed by atoms with van der Waals surface area (Å²) in [6.07, 6.45) is 4.45. The van der Waals surface area contributed by atoms with Crippen LogP contribution in [0, 0.1) is 0 Å². The van der Waals surface area contributed by atoms with Crippen molar-refractivity contribution in [2.75, 3.05) is 13.6 Å². The lowest BCUT2D eigenvalue weighted by molar-refractivity contribution is 0.0292. The third-order valence-electron chi connectivity index (χ3n) is 5.71. The molecule has 2 aromatic carbocycles. The van der Waals surface area contributed by atoms with Gasteiger partial charge in [0.15, 0.2) is 0 Å². The molecule has 2 aromatic heterocycles. The van der Waals surface area contributed by atoms with Crippen molar-refractivity contribution in [3.05, 3.63) is 96.3 Å². The number of carboxylic acid groups (broad SMARTS) is 1. The van der Waals surface area contributed by atoms with E-state index in [0.717, 1.165) is 10.3 Å². The molecular weight excluding hydrogens is 502 g/mol. The summed E-state index contributed by atoms with van der Waals surface area (Å²) in [7, 11) is 1.57. The number of rotatable bonds is 7. The predicted octanol–water partition coefficient (Wildman–Crippen LogP) is 4.81. The highest BCUT2D eigenvalue weighted by Crippen LogP contribution is 2.27. The second kappa shape index (κ2) is 11.2. The van der Waals surface area contributed by atoms with Gasteiger partial charge in [0.1, 0.15) is 17.2 Å². The summed E-state index contributed by atoms with van der Waals surface area (Å²) in [5.74, 6) is -0.591. The van der Waals surface area contributed by atoms with Crippen LogP contribution in [0.1, 0.15) is 48.4 Å². The van der Waals surface area contributed by atoms with Gasteiger partial charge in [0.05, 0.1) is 17.2 Å². The highest BCUT2D eigenvalue weighted by Gasteiger charge is 2.27. The average molecular weight is 532 g/mol. The molecule has 0 aliphatic heterocycles. The summed E-state index contributed by atoms with van der Waals surface area (Å²) in [6, 6.07) is 15.3. The maximum Gasteiger partial charge on any atom is 0.417 e. The summed E-state index contributed by atoms with van der Waals surface area (Å²) >= 11 is 0. The molecule has 2 heterocycles. The van der Waals surface area contributed by atoms with Crippen molar-refractivity contribution in [2.24, 2.45) is 0 Å². The van der Waals surface area contributed by atoms with Gasteiger partial charge < -0.3 is 19.5 Å². The van der Waals surface area contributed by atoms with Crippen molar-refractivity contribution in [2.45, 2.75) is 32.3 Å². The third-order valence-corrected chi connectivity index (χ3v) is 5.71. The number of nitrogens with zero attached hydrogens (tertiary/aromatic N) is 5. The average Bonchev–Trinajstić information content (AvgIpc) is 3.60. The van der Waals surface area contributed by atoms with Gasteiger partial charge in [-0.25, -0.2) is 28.6 Å². The molecule has 0 radical (unpaired) electrons. The van der Waals surface area contributed by atoms with Gasteiger partial charge in [0.25, 0.3) is 0 Å². The maximum absolute atomic E-state index is 12.7. The van der Waals surface area contributed by atoms with Crippen LogP contribution in [0.5, 0.6) is 5.75 Å². The summed E-state index contributed by atoms with van der Waals surface area (Å²) in [5, 5.41) is 13.8. The van der Waals surface area contributed by atoms with Crippen molar-refractivity contribution in [3.63, 3.8) is 0 Å². The van der Waals surface area contributed by atoms with E-state index in [4.69, 9.17) is 9.47 Å². The van der Waals surface area contributed by atoms with Crippen LogP contribution in [-0.2, 0) is 4.74 Å². The van der Waals surface area contributed by atoms with E-state index in [1.807, 2.05) is 0 Å². The van der Waals surface area contributed by atoms with Crippen molar-refractivity contribution < 1.29 is 29.0 Å². The molecule has 39 heavy (non-hydrogen) atoms. The van der Waals surface area contributed by atoms with Crippen LogP contribution in [0.4, 0.5) is 9.59 Å². The quantitative estimate of drug-likeness (QED) is 0.266. The van der Waals surface area contributed by atoms with Crippen molar-refractivity contribution >= 4 is 18.2 Å². The number of esters is 1. The Labute approximate surface area is 225 Å². The first-order valence-electron chi connectivity index (χ1n) is 12.1. The number of amides is 1. The van der Waals surface area contributed by atoms with E-state index in [0.29, 0.717) is 16.9 Å². The van der Waals surface area contributed by atoms with E-state index in [9.17, 15) is 19.5 Å². The summed E-state index contributed by atoms with van der Waals surface area (Å²) in [4.78, 5) is 42.7.